The lowest BCUT2D eigenvalue weighted by Gasteiger charge is -2.17. The van der Waals surface area contributed by atoms with Gasteiger partial charge in [0.05, 0.1) is 0 Å². The third-order valence-corrected chi connectivity index (χ3v) is 1.46. The predicted octanol–water partition coefficient (Wildman–Crippen LogP) is -1.89. The molecule has 6 N–H and O–H groups in total. The van der Waals surface area contributed by atoms with Crippen molar-refractivity contribution < 1.29 is 9.59 Å². The van der Waals surface area contributed by atoms with Gasteiger partial charge in [0.15, 0.2) is 11.3 Å². The van der Waals surface area contributed by atoms with Gasteiger partial charge in [-0.15, -0.1) is 0 Å². The van der Waals surface area contributed by atoms with Gasteiger partial charge in [0.1, 0.15) is 0 Å². The van der Waals surface area contributed by atoms with Crippen LogP contribution in [-0.2, 0) is 9.59 Å². The summed E-state index contributed by atoms with van der Waals surface area (Å²) < 4.78 is 0. The Bertz CT molecular complexity index is 177. The molecule has 0 spiro atoms. The van der Waals surface area contributed by atoms with Crippen molar-refractivity contribution in [1.29, 1.82) is 0 Å². The van der Waals surface area contributed by atoms with E-state index in [-0.39, 0.29) is 13.0 Å². The lowest BCUT2D eigenvalue weighted by atomic mass is 9.95. The molecule has 0 bridgehead atoms. The predicted molar refractivity (Wildman–Crippen MR) is 40.5 cm³/mol. The van der Waals surface area contributed by atoms with Crippen molar-refractivity contribution in [3.8, 4) is 0 Å². The van der Waals surface area contributed by atoms with Gasteiger partial charge < -0.3 is 17.2 Å². The largest absolute Gasteiger partial charge is 0.368 e. The van der Waals surface area contributed by atoms with Gasteiger partial charge in [-0.25, -0.2) is 0 Å². The molecule has 0 aliphatic rings. The number of rotatable bonds is 4. The highest BCUT2D eigenvalue weighted by Gasteiger charge is 2.33. The van der Waals surface area contributed by atoms with E-state index >= 15 is 0 Å². The SMILES string of the molecule is C[C@@](N)(C(N)=O)C(=O)CCN. The summed E-state index contributed by atoms with van der Waals surface area (Å²) in [4.78, 5) is 21.6. The Balaban J connectivity index is 4.30. The molecule has 0 aromatic heterocycles. The standard InChI is InChI=1S/C6H13N3O2/c1-6(9,5(8)11)4(10)2-3-7/h2-3,7,9H2,1H3,(H2,8,11)/t6-/m0/s1. The van der Waals surface area contributed by atoms with Crippen molar-refractivity contribution >= 4 is 11.7 Å². The van der Waals surface area contributed by atoms with Crippen LogP contribution in [0.3, 0.4) is 0 Å². The zero-order valence-electron chi connectivity index (χ0n) is 6.46. The van der Waals surface area contributed by atoms with E-state index in [4.69, 9.17) is 17.2 Å². The maximum absolute atomic E-state index is 11.0. The van der Waals surface area contributed by atoms with Crippen LogP contribution in [0.1, 0.15) is 13.3 Å². The van der Waals surface area contributed by atoms with E-state index in [1.165, 1.54) is 6.92 Å². The fraction of sp³-hybridized carbons (Fsp3) is 0.667. The quantitative estimate of drug-likeness (QED) is 0.416. The van der Waals surface area contributed by atoms with Gasteiger partial charge in [-0.05, 0) is 13.5 Å². The Morgan fingerprint density at radius 1 is 1.45 bits per heavy atom. The first-order chi connectivity index (χ1) is 4.92. The molecular formula is C6H13N3O2. The molecular weight excluding hydrogens is 146 g/mol. The molecule has 0 saturated heterocycles. The van der Waals surface area contributed by atoms with Gasteiger partial charge in [0.25, 0.3) is 0 Å². The summed E-state index contributed by atoms with van der Waals surface area (Å²) in [6, 6.07) is 0. The number of ketones is 1. The van der Waals surface area contributed by atoms with E-state index in [0.717, 1.165) is 0 Å². The molecule has 0 aliphatic heterocycles. The Morgan fingerprint density at radius 3 is 2.18 bits per heavy atom. The zero-order valence-corrected chi connectivity index (χ0v) is 6.46. The van der Waals surface area contributed by atoms with E-state index in [9.17, 15) is 9.59 Å². The van der Waals surface area contributed by atoms with Gasteiger partial charge >= 0.3 is 0 Å². The molecule has 11 heavy (non-hydrogen) atoms. The normalized spacial score (nSPS) is 15.5. The molecule has 0 aliphatic carbocycles. The number of amides is 1. The molecule has 0 rings (SSSR count). The number of carbonyl (C=O) groups is 2. The van der Waals surface area contributed by atoms with Crippen LogP contribution in [0.4, 0.5) is 0 Å². The molecule has 1 amide bonds. The van der Waals surface area contributed by atoms with Crippen LogP contribution in [0.25, 0.3) is 0 Å². The van der Waals surface area contributed by atoms with Gasteiger partial charge in [0, 0.05) is 6.42 Å². The van der Waals surface area contributed by atoms with Crippen LogP contribution in [0.5, 0.6) is 0 Å². The van der Waals surface area contributed by atoms with Crippen LogP contribution in [0.2, 0.25) is 0 Å². The Labute approximate surface area is 64.9 Å². The summed E-state index contributed by atoms with van der Waals surface area (Å²) in [7, 11) is 0. The molecule has 0 unspecified atom stereocenters. The lowest BCUT2D eigenvalue weighted by molar-refractivity contribution is -0.133. The van der Waals surface area contributed by atoms with E-state index in [1.807, 2.05) is 0 Å². The highest BCUT2D eigenvalue weighted by atomic mass is 16.2. The van der Waals surface area contributed by atoms with Crippen LogP contribution in [-0.4, -0.2) is 23.8 Å². The summed E-state index contributed by atoms with van der Waals surface area (Å²) in [6.45, 7) is 1.46. The van der Waals surface area contributed by atoms with E-state index in [0.29, 0.717) is 0 Å². The van der Waals surface area contributed by atoms with Crippen molar-refractivity contribution in [2.45, 2.75) is 18.9 Å². The number of carbonyl (C=O) groups excluding carboxylic acids is 2. The minimum absolute atomic E-state index is 0.0793. The summed E-state index contributed by atoms with van der Waals surface area (Å²) in [5, 5.41) is 0. The second kappa shape index (κ2) is 3.45. The second-order valence-electron chi connectivity index (χ2n) is 2.53. The summed E-state index contributed by atoms with van der Waals surface area (Å²) in [6.07, 6.45) is 0.0793. The summed E-state index contributed by atoms with van der Waals surface area (Å²) in [5.74, 6) is -1.25. The van der Waals surface area contributed by atoms with Gasteiger partial charge in [-0.3, -0.25) is 9.59 Å². The molecule has 0 saturated carbocycles. The fourth-order valence-corrected chi connectivity index (χ4v) is 0.528. The maximum atomic E-state index is 11.0. The molecule has 1 atom stereocenters. The number of hydrogen-bond acceptors (Lipinski definition) is 4. The average Bonchev–Trinajstić information content (AvgIpc) is 1.88. The van der Waals surface area contributed by atoms with E-state index < -0.39 is 17.2 Å². The first-order valence-electron chi connectivity index (χ1n) is 3.25. The van der Waals surface area contributed by atoms with Crippen molar-refractivity contribution in [2.75, 3.05) is 6.54 Å². The van der Waals surface area contributed by atoms with Crippen molar-refractivity contribution in [3.63, 3.8) is 0 Å². The number of Topliss-reactive ketones (excluding diaryl/α,β-unsaturated/α-hetero) is 1. The lowest BCUT2D eigenvalue weighted by Crippen LogP contribution is -2.56. The summed E-state index contributed by atoms with van der Waals surface area (Å²) >= 11 is 0. The van der Waals surface area contributed by atoms with E-state index in [2.05, 4.69) is 0 Å². The van der Waals surface area contributed by atoms with Gasteiger partial charge in [-0.1, -0.05) is 0 Å². The molecule has 5 heteroatoms. The summed E-state index contributed by atoms with van der Waals surface area (Å²) in [5.41, 5.74) is 13.7. The van der Waals surface area contributed by atoms with Crippen molar-refractivity contribution in [3.05, 3.63) is 0 Å². The molecule has 5 nitrogen and oxygen atoms in total. The topological polar surface area (TPSA) is 112 Å². The monoisotopic (exact) mass is 159 g/mol. The van der Waals surface area contributed by atoms with Gasteiger partial charge in [0.2, 0.25) is 5.91 Å². The molecule has 64 valence electrons. The Morgan fingerprint density at radius 2 is 1.91 bits per heavy atom. The van der Waals surface area contributed by atoms with Crippen molar-refractivity contribution in [1.82, 2.24) is 0 Å². The first kappa shape index (κ1) is 10.1. The zero-order chi connectivity index (χ0) is 9.07. The number of primary amides is 1. The third kappa shape index (κ3) is 2.28. The van der Waals surface area contributed by atoms with Crippen LogP contribution in [0, 0.1) is 0 Å². The van der Waals surface area contributed by atoms with E-state index in [1.54, 1.807) is 0 Å². The Hall–Kier alpha value is -0.940. The minimum Gasteiger partial charge on any atom is -0.368 e. The molecule has 0 heterocycles. The first-order valence-corrected chi connectivity index (χ1v) is 3.25. The highest BCUT2D eigenvalue weighted by Crippen LogP contribution is 2.01. The van der Waals surface area contributed by atoms with Gasteiger partial charge in [-0.2, -0.15) is 0 Å². The maximum Gasteiger partial charge on any atom is 0.244 e. The average molecular weight is 159 g/mol. The van der Waals surface area contributed by atoms with Crippen molar-refractivity contribution in [2.24, 2.45) is 17.2 Å². The number of nitrogens with two attached hydrogens (primary N) is 3. The second-order valence-corrected chi connectivity index (χ2v) is 2.53. The third-order valence-electron chi connectivity index (χ3n) is 1.46. The van der Waals surface area contributed by atoms with Crippen LogP contribution >= 0.6 is 0 Å². The smallest absolute Gasteiger partial charge is 0.244 e. The minimum atomic E-state index is -1.57. The highest BCUT2D eigenvalue weighted by molar-refractivity contribution is 6.09. The molecule has 0 fully saturated rings. The fourth-order valence-electron chi connectivity index (χ4n) is 0.528. The molecule has 0 radical (unpaired) electrons. The molecule has 0 aromatic carbocycles. The number of hydrogen-bond donors (Lipinski definition) is 3. The van der Waals surface area contributed by atoms with Crippen LogP contribution < -0.4 is 17.2 Å². The Kier molecular flexibility index (Phi) is 3.16. The van der Waals surface area contributed by atoms with Crippen LogP contribution in [0.15, 0.2) is 0 Å². The molecule has 0 aromatic rings.